The van der Waals surface area contributed by atoms with E-state index in [0.29, 0.717) is 5.92 Å². The van der Waals surface area contributed by atoms with E-state index in [1.54, 1.807) is 7.11 Å². The van der Waals surface area contributed by atoms with Crippen molar-refractivity contribution in [1.29, 1.82) is 0 Å². The third kappa shape index (κ3) is 4.72. The van der Waals surface area contributed by atoms with Crippen LogP contribution in [0.15, 0.2) is 18.2 Å². The lowest BCUT2D eigenvalue weighted by molar-refractivity contribution is 0.161. The van der Waals surface area contributed by atoms with E-state index in [9.17, 15) is 0 Å². The fourth-order valence-electron chi connectivity index (χ4n) is 2.87. The molecule has 3 heteroatoms. The molecule has 1 unspecified atom stereocenters. The van der Waals surface area contributed by atoms with Crippen LogP contribution in [-0.4, -0.2) is 32.3 Å². The van der Waals surface area contributed by atoms with Crippen molar-refractivity contribution >= 4 is 5.69 Å². The standard InChI is InChI=1S/C18H30N2O/c1-14-10-17(20-9-8-15(12-20)13-21-5)7-6-16(14)11-19-18(2,3)4/h6-7,10,15,19H,8-9,11-13H2,1-5H3. The van der Waals surface area contributed by atoms with Crippen molar-refractivity contribution in [3.05, 3.63) is 29.3 Å². The number of ether oxygens (including phenoxy) is 1. The first-order chi connectivity index (χ1) is 9.89. The van der Waals surface area contributed by atoms with Crippen molar-refractivity contribution < 1.29 is 4.74 Å². The minimum absolute atomic E-state index is 0.160. The highest BCUT2D eigenvalue weighted by atomic mass is 16.5. The van der Waals surface area contributed by atoms with E-state index in [2.05, 4.69) is 56.1 Å². The van der Waals surface area contributed by atoms with Gasteiger partial charge in [-0.15, -0.1) is 0 Å². The molecule has 1 N–H and O–H groups in total. The van der Waals surface area contributed by atoms with Gasteiger partial charge in [0.05, 0.1) is 6.61 Å². The molecular weight excluding hydrogens is 260 g/mol. The molecule has 21 heavy (non-hydrogen) atoms. The predicted octanol–water partition coefficient (Wildman–Crippen LogP) is 3.36. The molecule has 1 aliphatic rings. The van der Waals surface area contributed by atoms with Gasteiger partial charge in [-0.25, -0.2) is 0 Å². The largest absolute Gasteiger partial charge is 0.384 e. The lowest BCUT2D eigenvalue weighted by Crippen LogP contribution is -2.35. The van der Waals surface area contributed by atoms with E-state index in [1.165, 1.54) is 23.2 Å². The minimum Gasteiger partial charge on any atom is -0.384 e. The zero-order chi connectivity index (χ0) is 15.5. The summed E-state index contributed by atoms with van der Waals surface area (Å²) < 4.78 is 5.28. The molecular formula is C18H30N2O. The van der Waals surface area contributed by atoms with E-state index < -0.39 is 0 Å². The number of anilines is 1. The third-order valence-electron chi connectivity index (χ3n) is 4.19. The number of hydrogen-bond donors (Lipinski definition) is 1. The van der Waals surface area contributed by atoms with Crippen molar-refractivity contribution in [2.45, 2.75) is 46.2 Å². The lowest BCUT2D eigenvalue weighted by atomic mass is 10.0. The summed E-state index contributed by atoms with van der Waals surface area (Å²) >= 11 is 0. The molecule has 118 valence electrons. The average Bonchev–Trinajstić information content (AvgIpc) is 2.85. The maximum atomic E-state index is 5.28. The summed E-state index contributed by atoms with van der Waals surface area (Å²) in [5, 5.41) is 3.56. The predicted molar refractivity (Wildman–Crippen MR) is 90.0 cm³/mol. The molecule has 0 aromatic heterocycles. The summed E-state index contributed by atoms with van der Waals surface area (Å²) in [6.45, 7) is 12.9. The highest BCUT2D eigenvalue weighted by Gasteiger charge is 2.22. The number of rotatable bonds is 5. The normalized spacial score (nSPS) is 19.3. The molecule has 3 nitrogen and oxygen atoms in total. The summed E-state index contributed by atoms with van der Waals surface area (Å²) in [7, 11) is 1.80. The SMILES string of the molecule is COCC1CCN(c2ccc(CNC(C)(C)C)c(C)c2)C1. The highest BCUT2D eigenvalue weighted by molar-refractivity contribution is 5.51. The molecule has 0 bridgehead atoms. The van der Waals surface area contributed by atoms with Crippen LogP contribution in [0.4, 0.5) is 5.69 Å². The Bertz CT molecular complexity index is 465. The summed E-state index contributed by atoms with van der Waals surface area (Å²) in [6.07, 6.45) is 1.24. The van der Waals surface area contributed by atoms with Gasteiger partial charge in [-0.05, 0) is 57.4 Å². The molecule has 1 heterocycles. The lowest BCUT2D eigenvalue weighted by Gasteiger charge is -2.23. The highest BCUT2D eigenvalue weighted by Crippen LogP contribution is 2.26. The van der Waals surface area contributed by atoms with Gasteiger partial charge in [0.2, 0.25) is 0 Å². The van der Waals surface area contributed by atoms with Crippen molar-refractivity contribution in [1.82, 2.24) is 5.32 Å². The Morgan fingerprint density at radius 2 is 2.10 bits per heavy atom. The Balaban J connectivity index is 1.99. The number of hydrogen-bond acceptors (Lipinski definition) is 3. The third-order valence-corrected chi connectivity index (χ3v) is 4.19. The fraction of sp³-hybridized carbons (Fsp3) is 0.667. The van der Waals surface area contributed by atoms with Crippen molar-refractivity contribution in [3.8, 4) is 0 Å². The molecule has 0 amide bonds. The quantitative estimate of drug-likeness (QED) is 0.900. The van der Waals surface area contributed by atoms with Gasteiger partial charge in [0.25, 0.3) is 0 Å². The van der Waals surface area contributed by atoms with E-state index in [-0.39, 0.29) is 5.54 Å². The fourth-order valence-corrected chi connectivity index (χ4v) is 2.87. The molecule has 1 aliphatic heterocycles. The van der Waals surface area contributed by atoms with Gasteiger partial charge in [-0.3, -0.25) is 0 Å². The zero-order valence-corrected chi connectivity index (χ0v) is 14.2. The van der Waals surface area contributed by atoms with Crippen molar-refractivity contribution in [2.24, 2.45) is 5.92 Å². The van der Waals surface area contributed by atoms with Gasteiger partial charge < -0.3 is 15.0 Å². The maximum Gasteiger partial charge on any atom is 0.0508 e. The van der Waals surface area contributed by atoms with E-state index in [4.69, 9.17) is 4.74 Å². The van der Waals surface area contributed by atoms with Crippen molar-refractivity contribution in [2.75, 3.05) is 31.7 Å². The second-order valence-electron chi connectivity index (χ2n) is 7.27. The average molecular weight is 290 g/mol. The summed E-state index contributed by atoms with van der Waals surface area (Å²) in [5.41, 5.74) is 4.28. The number of methoxy groups -OCH3 is 1. The summed E-state index contributed by atoms with van der Waals surface area (Å²) in [5.74, 6) is 0.678. The second kappa shape index (κ2) is 6.80. The number of benzene rings is 1. The van der Waals surface area contributed by atoms with E-state index >= 15 is 0 Å². The molecule has 0 radical (unpaired) electrons. The Morgan fingerprint density at radius 3 is 2.71 bits per heavy atom. The summed E-state index contributed by atoms with van der Waals surface area (Å²) in [4.78, 5) is 2.48. The molecule has 2 rings (SSSR count). The zero-order valence-electron chi connectivity index (χ0n) is 14.2. The van der Waals surface area contributed by atoms with Crippen LogP contribution in [-0.2, 0) is 11.3 Å². The van der Waals surface area contributed by atoms with Gasteiger partial charge in [-0.2, -0.15) is 0 Å². The topological polar surface area (TPSA) is 24.5 Å². The van der Waals surface area contributed by atoms with Crippen LogP contribution in [0.5, 0.6) is 0 Å². The van der Waals surface area contributed by atoms with Gasteiger partial charge in [0.1, 0.15) is 0 Å². The molecule has 0 saturated carbocycles. The van der Waals surface area contributed by atoms with Crippen LogP contribution in [0.3, 0.4) is 0 Å². The van der Waals surface area contributed by atoms with Gasteiger partial charge in [0, 0.05) is 43.9 Å². The molecule has 0 aliphatic carbocycles. The molecule has 1 aromatic rings. The van der Waals surface area contributed by atoms with Crippen LogP contribution in [0.1, 0.15) is 38.3 Å². The Kier molecular flexibility index (Phi) is 5.28. The molecule has 0 spiro atoms. The first-order valence-corrected chi connectivity index (χ1v) is 7.97. The monoisotopic (exact) mass is 290 g/mol. The maximum absolute atomic E-state index is 5.28. The van der Waals surface area contributed by atoms with E-state index in [1.807, 2.05) is 0 Å². The molecule has 1 atom stereocenters. The van der Waals surface area contributed by atoms with Crippen LogP contribution < -0.4 is 10.2 Å². The molecule has 1 fully saturated rings. The minimum atomic E-state index is 0.160. The van der Waals surface area contributed by atoms with Gasteiger partial charge >= 0.3 is 0 Å². The van der Waals surface area contributed by atoms with Gasteiger partial charge in [-0.1, -0.05) is 6.07 Å². The van der Waals surface area contributed by atoms with Crippen LogP contribution in [0.25, 0.3) is 0 Å². The first-order valence-electron chi connectivity index (χ1n) is 7.97. The smallest absolute Gasteiger partial charge is 0.0508 e. The summed E-state index contributed by atoms with van der Waals surface area (Å²) in [6, 6.07) is 6.86. The first kappa shape index (κ1) is 16.3. The number of nitrogens with one attached hydrogen (secondary N) is 1. The van der Waals surface area contributed by atoms with Crippen LogP contribution >= 0.6 is 0 Å². The number of aryl methyl sites for hydroxylation is 1. The Hall–Kier alpha value is -1.06. The van der Waals surface area contributed by atoms with Crippen LogP contribution in [0.2, 0.25) is 0 Å². The Labute approximate surface area is 129 Å². The Morgan fingerprint density at radius 1 is 1.33 bits per heavy atom. The molecule has 1 saturated heterocycles. The van der Waals surface area contributed by atoms with Gasteiger partial charge in [0.15, 0.2) is 0 Å². The molecule has 1 aromatic carbocycles. The van der Waals surface area contributed by atoms with E-state index in [0.717, 1.165) is 26.2 Å². The number of nitrogens with zero attached hydrogens (tertiary/aromatic N) is 1. The van der Waals surface area contributed by atoms with Crippen LogP contribution in [0, 0.1) is 12.8 Å². The van der Waals surface area contributed by atoms with Crippen molar-refractivity contribution in [3.63, 3.8) is 0 Å². The second-order valence-corrected chi connectivity index (χ2v) is 7.27.